The van der Waals surface area contributed by atoms with Gasteiger partial charge in [0.25, 0.3) is 10.0 Å². The van der Waals surface area contributed by atoms with Gasteiger partial charge in [0, 0.05) is 11.3 Å². The largest absolute Gasteiger partial charge is 0.494 e. The van der Waals surface area contributed by atoms with E-state index in [1.165, 1.54) is 17.7 Å². The Hall–Kier alpha value is -2.90. The fourth-order valence-corrected chi connectivity index (χ4v) is 5.06. The molecule has 1 aromatic heterocycles. The number of hydrogen-bond acceptors (Lipinski definition) is 5. The summed E-state index contributed by atoms with van der Waals surface area (Å²) in [6, 6.07) is 19.8. The average molecular weight is 425 g/mol. The highest BCUT2D eigenvalue weighted by atomic mass is 32.2. The van der Waals surface area contributed by atoms with Crippen molar-refractivity contribution >= 4 is 37.3 Å². The van der Waals surface area contributed by atoms with Crippen molar-refractivity contribution in [1.29, 1.82) is 0 Å². The van der Waals surface area contributed by atoms with Crippen LogP contribution in [0.1, 0.15) is 12.5 Å². The Morgan fingerprint density at radius 2 is 1.72 bits per heavy atom. The van der Waals surface area contributed by atoms with Crippen LogP contribution in [0.5, 0.6) is 5.75 Å². The molecule has 0 aliphatic carbocycles. The Morgan fingerprint density at radius 1 is 1.00 bits per heavy atom. The summed E-state index contributed by atoms with van der Waals surface area (Å²) in [6.45, 7) is 4.47. The molecular weight excluding hydrogens is 404 g/mol. The molecule has 0 atom stereocenters. The number of ether oxygens (including phenoxy) is 1. The fourth-order valence-electron chi connectivity index (χ4n) is 2.93. The summed E-state index contributed by atoms with van der Waals surface area (Å²) in [7, 11) is -3.67. The summed E-state index contributed by atoms with van der Waals surface area (Å²) in [4.78, 5) is 4.85. The molecule has 0 unspecified atom stereocenters. The molecule has 0 fully saturated rings. The lowest BCUT2D eigenvalue weighted by atomic mass is 10.2. The fraction of sp³-hybridized carbons (Fsp3) is 0.136. The van der Waals surface area contributed by atoms with Crippen LogP contribution in [-0.2, 0) is 10.0 Å². The van der Waals surface area contributed by atoms with Gasteiger partial charge in [-0.15, -0.1) is 11.3 Å². The number of thiazole rings is 1. The molecule has 1 N–H and O–H groups in total. The smallest absolute Gasteiger partial charge is 0.261 e. The summed E-state index contributed by atoms with van der Waals surface area (Å²) in [5.41, 5.74) is 3.62. The minimum absolute atomic E-state index is 0.187. The molecule has 0 spiro atoms. The van der Waals surface area contributed by atoms with E-state index >= 15 is 0 Å². The first kappa shape index (κ1) is 19.4. The molecule has 0 saturated heterocycles. The highest BCUT2D eigenvalue weighted by Gasteiger charge is 2.14. The average Bonchev–Trinajstić information content (AvgIpc) is 3.12. The molecule has 3 aromatic carbocycles. The van der Waals surface area contributed by atoms with E-state index < -0.39 is 10.0 Å². The zero-order valence-corrected chi connectivity index (χ0v) is 17.7. The van der Waals surface area contributed by atoms with Gasteiger partial charge in [-0.1, -0.05) is 6.07 Å². The third-order valence-electron chi connectivity index (χ3n) is 4.37. The molecule has 7 heteroatoms. The van der Waals surface area contributed by atoms with Crippen LogP contribution in [0.3, 0.4) is 0 Å². The molecule has 0 aliphatic heterocycles. The molecule has 0 radical (unpaired) electrons. The quantitative estimate of drug-likeness (QED) is 0.446. The van der Waals surface area contributed by atoms with Gasteiger partial charge >= 0.3 is 0 Å². The molecule has 148 valence electrons. The number of aryl methyl sites for hydroxylation is 1. The van der Waals surface area contributed by atoms with Gasteiger partial charge in [-0.05, 0) is 80.1 Å². The number of anilines is 1. The van der Waals surface area contributed by atoms with Crippen molar-refractivity contribution in [3.05, 3.63) is 72.3 Å². The second-order valence-electron chi connectivity index (χ2n) is 6.58. The molecular formula is C22H20N2O3S2. The summed E-state index contributed by atoms with van der Waals surface area (Å²) < 4.78 is 34.3. The molecule has 0 bridgehead atoms. The highest BCUT2D eigenvalue weighted by Crippen LogP contribution is 2.31. The second kappa shape index (κ2) is 7.85. The highest BCUT2D eigenvalue weighted by molar-refractivity contribution is 7.92. The summed E-state index contributed by atoms with van der Waals surface area (Å²) in [5.74, 6) is 0.641. The molecule has 1 heterocycles. The van der Waals surface area contributed by atoms with E-state index in [-0.39, 0.29) is 4.90 Å². The summed E-state index contributed by atoms with van der Waals surface area (Å²) >= 11 is 1.62. The van der Waals surface area contributed by atoms with Crippen LogP contribution < -0.4 is 9.46 Å². The van der Waals surface area contributed by atoms with Crippen molar-refractivity contribution in [2.45, 2.75) is 18.7 Å². The van der Waals surface area contributed by atoms with Gasteiger partial charge < -0.3 is 4.74 Å². The lowest BCUT2D eigenvalue weighted by Crippen LogP contribution is -2.12. The summed E-state index contributed by atoms with van der Waals surface area (Å²) in [6.07, 6.45) is 0. The van der Waals surface area contributed by atoms with Crippen molar-refractivity contribution in [3.63, 3.8) is 0 Å². The standard InChI is InChI=1S/C22H20N2O3S2/c1-3-27-18-9-11-19(12-10-18)29(25,26)24-17-7-5-16(6-8-17)22-23-20-13-4-15(2)14-21(20)28-22/h4-14,24H,3H2,1-2H3. The van der Waals surface area contributed by atoms with Gasteiger partial charge in [-0.3, -0.25) is 4.72 Å². The number of nitrogens with one attached hydrogen (secondary N) is 1. The maximum Gasteiger partial charge on any atom is 0.261 e. The number of rotatable bonds is 6. The number of nitrogens with zero attached hydrogens (tertiary/aromatic N) is 1. The third-order valence-corrected chi connectivity index (χ3v) is 6.84. The van der Waals surface area contributed by atoms with Crippen LogP contribution in [0, 0.1) is 6.92 Å². The Bertz CT molecular complexity index is 1250. The Labute approximate surface area is 174 Å². The van der Waals surface area contributed by atoms with Gasteiger partial charge in [-0.25, -0.2) is 13.4 Å². The van der Waals surface area contributed by atoms with Crippen LogP contribution in [0.2, 0.25) is 0 Å². The Morgan fingerprint density at radius 3 is 2.41 bits per heavy atom. The number of aromatic nitrogens is 1. The minimum Gasteiger partial charge on any atom is -0.494 e. The zero-order valence-electron chi connectivity index (χ0n) is 16.0. The topological polar surface area (TPSA) is 68.3 Å². The van der Waals surface area contributed by atoms with Crippen LogP contribution in [0.25, 0.3) is 20.8 Å². The van der Waals surface area contributed by atoms with Crippen molar-refractivity contribution in [2.75, 3.05) is 11.3 Å². The van der Waals surface area contributed by atoms with E-state index in [1.807, 2.05) is 31.2 Å². The predicted octanol–water partition coefficient (Wildman–Crippen LogP) is 5.47. The zero-order chi connectivity index (χ0) is 20.4. The van der Waals surface area contributed by atoms with Crippen molar-refractivity contribution in [2.24, 2.45) is 0 Å². The van der Waals surface area contributed by atoms with Crippen LogP contribution in [-0.4, -0.2) is 20.0 Å². The first-order chi connectivity index (χ1) is 13.9. The lowest BCUT2D eigenvalue weighted by Gasteiger charge is -2.09. The van der Waals surface area contributed by atoms with E-state index in [0.717, 1.165) is 20.8 Å². The van der Waals surface area contributed by atoms with Gasteiger partial charge in [0.1, 0.15) is 10.8 Å². The van der Waals surface area contributed by atoms with E-state index in [1.54, 1.807) is 35.6 Å². The SMILES string of the molecule is CCOc1ccc(S(=O)(=O)Nc2ccc(-c3nc4ccc(C)cc4s3)cc2)cc1. The minimum atomic E-state index is -3.67. The third kappa shape index (κ3) is 4.26. The molecule has 29 heavy (non-hydrogen) atoms. The van der Waals surface area contributed by atoms with Gasteiger partial charge in [-0.2, -0.15) is 0 Å². The van der Waals surface area contributed by atoms with E-state index in [9.17, 15) is 8.42 Å². The molecule has 0 aliphatic rings. The van der Waals surface area contributed by atoms with Gasteiger partial charge in [0.05, 0.1) is 21.7 Å². The van der Waals surface area contributed by atoms with Crippen molar-refractivity contribution in [1.82, 2.24) is 4.98 Å². The Kier molecular flexibility index (Phi) is 5.25. The van der Waals surface area contributed by atoms with Crippen molar-refractivity contribution in [3.8, 4) is 16.3 Å². The predicted molar refractivity (Wildman–Crippen MR) is 118 cm³/mol. The Balaban J connectivity index is 1.53. The van der Waals surface area contributed by atoms with E-state index in [4.69, 9.17) is 4.74 Å². The maximum atomic E-state index is 12.6. The second-order valence-corrected chi connectivity index (χ2v) is 9.29. The lowest BCUT2D eigenvalue weighted by molar-refractivity contribution is 0.340. The normalized spacial score (nSPS) is 11.5. The number of sulfonamides is 1. The molecule has 4 rings (SSSR count). The molecule has 4 aromatic rings. The number of benzene rings is 3. The number of hydrogen-bond donors (Lipinski definition) is 1. The van der Waals surface area contributed by atoms with Crippen LogP contribution >= 0.6 is 11.3 Å². The van der Waals surface area contributed by atoms with E-state index in [2.05, 4.69) is 22.7 Å². The first-order valence-corrected chi connectivity index (χ1v) is 11.5. The van der Waals surface area contributed by atoms with Crippen LogP contribution in [0.4, 0.5) is 5.69 Å². The van der Waals surface area contributed by atoms with Gasteiger partial charge in [0.15, 0.2) is 0 Å². The molecule has 0 amide bonds. The van der Waals surface area contributed by atoms with Crippen LogP contribution in [0.15, 0.2) is 71.6 Å². The van der Waals surface area contributed by atoms with E-state index in [0.29, 0.717) is 18.0 Å². The number of fused-ring (bicyclic) bond motifs is 1. The first-order valence-electron chi connectivity index (χ1n) is 9.18. The van der Waals surface area contributed by atoms with Gasteiger partial charge in [0.2, 0.25) is 0 Å². The van der Waals surface area contributed by atoms with Crippen molar-refractivity contribution < 1.29 is 13.2 Å². The monoisotopic (exact) mass is 424 g/mol. The maximum absolute atomic E-state index is 12.6. The molecule has 0 saturated carbocycles. The summed E-state index contributed by atoms with van der Waals surface area (Å²) in [5, 5.41) is 0.909. The molecule has 5 nitrogen and oxygen atoms in total.